The predicted molar refractivity (Wildman–Crippen MR) is 101 cm³/mol. The fraction of sp³-hybridized carbons (Fsp3) is 0.500. The van der Waals surface area contributed by atoms with Crippen molar-refractivity contribution in [2.75, 3.05) is 19.3 Å². The second-order valence-electron chi connectivity index (χ2n) is 6.80. The number of thiophene rings is 1. The van der Waals surface area contributed by atoms with Gasteiger partial charge in [-0.3, -0.25) is 0 Å². The molecule has 2 nitrogen and oxygen atoms in total. The second-order valence-corrected chi connectivity index (χ2v) is 7.58. The van der Waals surface area contributed by atoms with Gasteiger partial charge in [0.05, 0.1) is 0 Å². The third-order valence-corrected chi connectivity index (χ3v) is 5.90. The van der Waals surface area contributed by atoms with Crippen LogP contribution in [0.5, 0.6) is 0 Å². The van der Waals surface area contributed by atoms with E-state index >= 15 is 0 Å². The average molecular weight is 329 g/mol. The molecule has 1 atom stereocenters. The van der Waals surface area contributed by atoms with Crippen LogP contribution in [0.4, 0.5) is 5.69 Å². The van der Waals surface area contributed by atoms with Crippen LogP contribution in [-0.4, -0.2) is 24.5 Å². The second kappa shape index (κ2) is 7.98. The molecule has 1 aromatic carbocycles. The number of benzene rings is 1. The lowest BCUT2D eigenvalue weighted by Crippen LogP contribution is -2.37. The van der Waals surface area contributed by atoms with Crippen molar-refractivity contribution < 1.29 is 0 Å². The van der Waals surface area contributed by atoms with Gasteiger partial charge in [-0.15, -0.1) is 0 Å². The number of unbranched alkanes of at least 4 members (excludes halogenated alkanes) is 2. The number of rotatable bonds is 7. The molecule has 0 fully saturated rings. The molecule has 1 aromatic heterocycles. The highest BCUT2D eigenvalue weighted by Crippen LogP contribution is 2.28. The highest BCUT2D eigenvalue weighted by atomic mass is 32.1. The molecule has 0 saturated carbocycles. The topological polar surface area (TPSA) is 29.3 Å². The van der Waals surface area contributed by atoms with E-state index in [1.54, 1.807) is 11.3 Å². The molecule has 0 saturated heterocycles. The number of aryl methyl sites for hydroxylation is 1. The molecule has 2 N–H and O–H groups in total. The van der Waals surface area contributed by atoms with E-state index in [9.17, 15) is 0 Å². The minimum Gasteiger partial charge on any atom is -0.398 e. The van der Waals surface area contributed by atoms with Gasteiger partial charge in [0.2, 0.25) is 0 Å². The molecule has 0 spiro atoms. The normalized spacial score (nSPS) is 17.4. The molecule has 124 valence electrons. The molecule has 1 heterocycles. The van der Waals surface area contributed by atoms with Crippen molar-refractivity contribution >= 4 is 17.0 Å². The Labute approximate surface area is 144 Å². The summed E-state index contributed by atoms with van der Waals surface area (Å²) in [4.78, 5) is 2.57. The van der Waals surface area contributed by atoms with E-state index in [2.05, 4.69) is 40.9 Å². The van der Waals surface area contributed by atoms with E-state index in [1.165, 1.54) is 55.3 Å². The first kappa shape index (κ1) is 16.5. The monoisotopic (exact) mass is 328 g/mol. The van der Waals surface area contributed by atoms with Crippen LogP contribution in [0, 0.1) is 0 Å². The van der Waals surface area contributed by atoms with Gasteiger partial charge in [-0.05, 0) is 91.7 Å². The lowest BCUT2D eigenvalue weighted by atomic mass is 9.86. The standard InChI is InChI=1S/C20H28N2S/c1-22(12-4-2-3-6-16-11-13-23-15-16)18-9-10-19-17(14-18)7-5-8-20(19)21/h5,7-8,11,13,15,18H,2-4,6,9-10,12,14,21H2,1H3. The number of likely N-dealkylation sites (N-methyl/N-ethyl adjacent to an activating group) is 1. The molecule has 1 aliphatic carbocycles. The molecule has 1 unspecified atom stereocenters. The molecule has 3 heteroatoms. The number of hydrogen-bond donors (Lipinski definition) is 1. The maximum Gasteiger partial charge on any atom is 0.0349 e. The van der Waals surface area contributed by atoms with E-state index in [-0.39, 0.29) is 0 Å². The first-order valence-electron chi connectivity index (χ1n) is 8.81. The Bertz CT molecular complexity index is 606. The fourth-order valence-electron chi connectivity index (χ4n) is 3.68. The fourth-order valence-corrected chi connectivity index (χ4v) is 4.38. The van der Waals surface area contributed by atoms with Gasteiger partial charge in [-0.25, -0.2) is 0 Å². The van der Waals surface area contributed by atoms with E-state index in [1.807, 2.05) is 6.07 Å². The first-order valence-corrected chi connectivity index (χ1v) is 9.76. The maximum atomic E-state index is 6.10. The molecule has 0 bridgehead atoms. The summed E-state index contributed by atoms with van der Waals surface area (Å²) in [6.07, 6.45) is 8.73. The van der Waals surface area contributed by atoms with Gasteiger partial charge >= 0.3 is 0 Å². The molecule has 23 heavy (non-hydrogen) atoms. The van der Waals surface area contributed by atoms with Crippen LogP contribution in [0.25, 0.3) is 0 Å². The summed E-state index contributed by atoms with van der Waals surface area (Å²) >= 11 is 1.81. The summed E-state index contributed by atoms with van der Waals surface area (Å²) in [6.45, 7) is 1.21. The van der Waals surface area contributed by atoms with E-state index in [0.717, 1.165) is 18.5 Å². The summed E-state index contributed by atoms with van der Waals surface area (Å²) in [5.74, 6) is 0. The number of fused-ring (bicyclic) bond motifs is 1. The Balaban J connectivity index is 1.40. The molecular weight excluding hydrogens is 300 g/mol. The van der Waals surface area contributed by atoms with E-state index in [4.69, 9.17) is 5.73 Å². The summed E-state index contributed by atoms with van der Waals surface area (Å²) < 4.78 is 0. The highest BCUT2D eigenvalue weighted by molar-refractivity contribution is 7.07. The largest absolute Gasteiger partial charge is 0.398 e. The van der Waals surface area contributed by atoms with Gasteiger partial charge in [0.15, 0.2) is 0 Å². The van der Waals surface area contributed by atoms with Crippen LogP contribution in [0.15, 0.2) is 35.0 Å². The quantitative estimate of drug-likeness (QED) is 0.597. The SMILES string of the molecule is CN(CCCCCc1ccsc1)C1CCc2c(N)cccc2C1. The van der Waals surface area contributed by atoms with Crippen molar-refractivity contribution in [3.63, 3.8) is 0 Å². The van der Waals surface area contributed by atoms with Crippen molar-refractivity contribution in [1.29, 1.82) is 0 Å². The maximum absolute atomic E-state index is 6.10. The minimum absolute atomic E-state index is 0.682. The summed E-state index contributed by atoms with van der Waals surface area (Å²) in [5.41, 5.74) is 11.5. The van der Waals surface area contributed by atoms with E-state index < -0.39 is 0 Å². The van der Waals surface area contributed by atoms with Crippen LogP contribution in [0.3, 0.4) is 0 Å². The van der Waals surface area contributed by atoms with Gasteiger partial charge < -0.3 is 10.6 Å². The number of nitrogens with two attached hydrogens (primary N) is 1. The van der Waals surface area contributed by atoms with Crippen molar-refractivity contribution in [3.05, 3.63) is 51.7 Å². The number of nitrogen functional groups attached to an aromatic ring is 1. The zero-order valence-electron chi connectivity index (χ0n) is 14.1. The van der Waals surface area contributed by atoms with Gasteiger partial charge in [0.25, 0.3) is 0 Å². The molecular formula is C20H28N2S. The molecule has 0 amide bonds. The van der Waals surface area contributed by atoms with Crippen molar-refractivity contribution in [3.8, 4) is 0 Å². The van der Waals surface area contributed by atoms with Crippen molar-refractivity contribution in [2.24, 2.45) is 0 Å². The smallest absolute Gasteiger partial charge is 0.0349 e. The Kier molecular flexibility index (Phi) is 5.74. The Hall–Kier alpha value is -1.32. The van der Waals surface area contributed by atoms with Gasteiger partial charge in [0.1, 0.15) is 0 Å². The van der Waals surface area contributed by atoms with Crippen LogP contribution in [-0.2, 0) is 19.3 Å². The summed E-state index contributed by atoms with van der Waals surface area (Å²) in [5, 5.41) is 4.45. The predicted octanol–water partition coefficient (Wildman–Crippen LogP) is 4.53. The number of hydrogen-bond acceptors (Lipinski definition) is 3. The molecule has 3 rings (SSSR count). The van der Waals surface area contributed by atoms with Crippen LogP contribution < -0.4 is 5.73 Å². The van der Waals surface area contributed by atoms with Gasteiger partial charge in [0, 0.05) is 11.7 Å². The lowest BCUT2D eigenvalue weighted by molar-refractivity contribution is 0.217. The zero-order valence-corrected chi connectivity index (χ0v) is 14.9. The van der Waals surface area contributed by atoms with Crippen LogP contribution in [0.1, 0.15) is 42.4 Å². The molecule has 2 aromatic rings. The van der Waals surface area contributed by atoms with Crippen molar-refractivity contribution in [1.82, 2.24) is 4.90 Å². The first-order chi connectivity index (χ1) is 11.2. The molecule has 0 radical (unpaired) electrons. The van der Waals surface area contributed by atoms with Gasteiger partial charge in [-0.1, -0.05) is 18.6 Å². The summed E-state index contributed by atoms with van der Waals surface area (Å²) in [6, 6.07) is 9.33. The molecule has 1 aliphatic rings. The van der Waals surface area contributed by atoms with E-state index in [0.29, 0.717) is 6.04 Å². The highest BCUT2D eigenvalue weighted by Gasteiger charge is 2.22. The molecule has 0 aliphatic heterocycles. The lowest BCUT2D eigenvalue weighted by Gasteiger charge is -2.33. The van der Waals surface area contributed by atoms with Crippen molar-refractivity contribution in [2.45, 2.75) is 51.0 Å². The van der Waals surface area contributed by atoms with Crippen LogP contribution in [0.2, 0.25) is 0 Å². The minimum atomic E-state index is 0.682. The van der Waals surface area contributed by atoms with Gasteiger partial charge in [-0.2, -0.15) is 11.3 Å². The van der Waals surface area contributed by atoms with Crippen LogP contribution >= 0.6 is 11.3 Å². The Morgan fingerprint density at radius 2 is 2.13 bits per heavy atom. The third kappa shape index (κ3) is 4.36. The Morgan fingerprint density at radius 1 is 1.22 bits per heavy atom. The Morgan fingerprint density at radius 3 is 2.96 bits per heavy atom. The zero-order chi connectivity index (χ0) is 16.1. The number of nitrogens with zero attached hydrogens (tertiary/aromatic N) is 1. The summed E-state index contributed by atoms with van der Waals surface area (Å²) in [7, 11) is 2.29. The average Bonchev–Trinajstić information content (AvgIpc) is 3.07. The third-order valence-electron chi connectivity index (χ3n) is 5.17. The number of anilines is 1.